The van der Waals surface area contributed by atoms with Gasteiger partial charge in [-0.15, -0.1) is 0 Å². The molecule has 16 heavy (non-hydrogen) atoms. The van der Waals surface area contributed by atoms with Crippen LogP contribution in [0.15, 0.2) is 53.5 Å². The normalized spacial score (nSPS) is 10.8. The molecule has 2 nitrogen and oxygen atoms in total. The number of hydrogen-bond acceptors (Lipinski definition) is 2. The number of anilines is 1. The van der Waals surface area contributed by atoms with E-state index >= 15 is 0 Å². The Kier molecular flexibility index (Phi) is 2.96. The molecular formula is C13H11FN2. The fraction of sp³-hybridized carbons (Fsp3) is 0. The van der Waals surface area contributed by atoms with Gasteiger partial charge in [-0.05, 0) is 24.3 Å². The second-order valence-corrected chi connectivity index (χ2v) is 3.34. The maximum absolute atomic E-state index is 13.4. The Bertz CT molecular complexity index is 486. The molecule has 2 aromatic carbocycles. The molecule has 2 N–H and O–H groups in total. The maximum atomic E-state index is 13.4. The fourth-order valence-corrected chi connectivity index (χ4v) is 1.34. The van der Waals surface area contributed by atoms with Gasteiger partial charge in [-0.1, -0.05) is 24.3 Å². The van der Waals surface area contributed by atoms with Gasteiger partial charge in [-0.3, -0.25) is 4.99 Å². The monoisotopic (exact) mass is 214 g/mol. The lowest BCUT2D eigenvalue weighted by Gasteiger charge is -2.00. The number of nitrogens with two attached hydrogens (primary N) is 1. The van der Waals surface area contributed by atoms with E-state index in [1.54, 1.807) is 12.1 Å². The average Bonchev–Trinajstić information content (AvgIpc) is 2.30. The van der Waals surface area contributed by atoms with Crippen molar-refractivity contribution in [3.8, 4) is 0 Å². The third kappa shape index (κ3) is 2.25. The summed E-state index contributed by atoms with van der Waals surface area (Å²) >= 11 is 0. The highest BCUT2D eigenvalue weighted by molar-refractivity contribution is 5.88. The Hall–Kier alpha value is -2.16. The first kappa shape index (κ1) is 10.4. The average molecular weight is 214 g/mol. The topological polar surface area (TPSA) is 38.4 Å². The van der Waals surface area contributed by atoms with Crippen molar-refractivity contribution in [2.24, 2.45) is 4.99 Å². The Balaban J connectivity index is 2.31. The highest BCUT2D eigenvalue weighted by Crippen LogP contribution is 2.15. The van der Waals surface area contributed by atoms with E-state index in [1.807, 2.05) is 30.3 Å². The van der Waals surface area contributed by atoms with Crippen LogP contribution < -0.4 is 5.73 Å². The SMILES string of the molecule is Nc1cccc(F)c1C=Nc1ccccc1. The zero-order chi connectivity index (χ0) is 11.4. The number of nitrogen functional groups attached to an aromatic ring is 1. The Morgan fingerprint density at radius 1 is 1.00 bits per heavy atom. The van der Waals surface area contributed by atoms with E-state index in [4.69, 9.17) is 5.73 Å². The van der Waals surface area contributed by atoms with Gasteiger partial charge in [0.15, 0.2) is 0 Å². The molecule has 0 atom stereocenters. The van der Waals surface area contributed by atoms with E-state index < -0.39 is 0 Å². The second kappa shape index (κ2) is 4.57. The van der Waals surface area contributed by atoms with Crippen LogP contribution in [0.2, 0.25) is 0 Å². The standard InChI is InChI=1S/C13H11FN2/c14-12-7-4-8-13(15)11(12)9-16-10-5-2-1-3-6-10/h1-9H,15H2. The zero-order valence-corrected chi connectivity index (χ0v) is 8.60. The minimum atomic E-state index is -0.361. The molecule has 0 radical (unpaired) electrons. The van der Waals surface area contributed by atoms with Crippen LogP contribution in [0.5, 0.6) is 0 Å². The molecule has 0 heterocycles. The Morgan fingerprint density at radius 2 is 1.75 bits per heavy atom. The first-order valence-electron chi connectivity index (χ1n) is 4.90. The summed E-state index contributed by atoms with van der Waals surface area (Å²) in [5, 5.41) is 0. The fourth-order valence-electron chi connectivity index (χ4n) is 1.34. The molecule has 0 aromatic heterocycles. The van der Waals surface area contributed by atoms with Gasteiger partial charge in [-0.25, -0.2) is 4.39 Å². The number of rotatable bonds is 2. The molecule has 0 fully saturated rings. The number of nitrogens with zero attached hydrogens (tertiary/aromatic N) is 1. The van der Waals surface area contributed by atoms with Gasteiger partial charge in [0.05, 0.1) is 11.3 Å². The summed E-state index contributed by atoms with van der Waals surface area (Å²) in [5.74, 6) is -0.361. The van der Waals surface area contributed by atoms with Crippen molar-refractivity contribution in [1.29, 1.82) is 0 Å². The summed E-state index contributed by atoms with van der Waals surface area (Å²) in [6.07, 6.45) is 1.44. The quantitative estimate of drug-likeness (QED) is 0.605. The van der Waals surface area contributed by atoms with E-state index in [1.165, 1.54) is 12.3 Å². The predicted molar refractivity (Wildman–Crippen MR) is 64.5 cm³/mol. The molecule has 0 aliphatic carbocycles. The molecule has 0 aliphatic rings. The van der Waals surface area contributed by atoms with Gasteiger partial charge in [0.2, 0.25) is 0 Å². The predicted octanol–water partition coefficient (Wildman–Crippen LogP) is 3.16. The van der Waals surface area contributed by atoms with Crippen LogP contribution in [0.25, 0.3) is 0 Å². The molecule has 2 aromatic rings. The summed E-state index contributed by atoms with van der Waals surface area (Å²) in [5.41, 5.74) is 7.14. The molecule has 0 spiro atoms. The van der Waals surface area contributed by atoms with Crippen LogP contribution in [0.1, 0.15) is 5.56 Å². The zero-order valence-electron chi connectivity index (χ0n) is 8.60. The van der Waals surface area contributed by atoms with Crippen LogP contribution >= 0.6 is 0 Å². The van der Waals surface area contributed by atoms with Crippen LogP contribution in [-0.2, 0) is 0 Å². The van der Waals surface area contributed by atoms with Crippen LogP contribution in [0.4, 0.5) is 15.8 Å². The summed E-state index contributed by atoms with van der Waals surface area (Å²) < 4.78 is 13.4. The molecule has 0 saturated heterocycles. The summed E-state index contributed by atoms with van der Waals surface area (Å²) in [6, 6.07) is 13.9. The number of benzene rings is 2. The first-order chi connectivity index (χ1) is 7.77. The molecule has 0 saturated carbocycles. The van der Waals surface area contributed by atoms with Crippen molar-refractivity contribution >= 4 is 17.6 Å². The molecule has 3 heteroatoms. The van der Waals surface area contributed by atoms with Gasteiger partial charge in [0.1, 0.15) is 5.82 Å². The van der Waals surface area contributed by atoms with E-state index in [2.05, 4.69) is 4.99 Å². The minimum Gasteiger partial charge on any atom is -0.398 e. The molecular weight excluding hydrogens is 203 g/mol. The molecule has 0 unspecified atom stereocenters. The van der Waals surface area contributed by atoms with Crippen LogP contribution in [0.3, 0.4) is 0 Å². The van der Waals surface area contributed by atoms with Crippen LogP contribution in [0, 0.1) is 5.82 Å². The molecule has 0 amide bonds. The summed E-state index contributed by atoms with van der Waals surface area (Å²) in [7, 11) is 0. The van der Waals surface area contributed by atoms with Gasteiger partial charge >= 0.3 is 0 Å². The van der Waals surface area contributed by atoms with E-state index in [0.29, 0.717) is 11.3 Å². The van der Waals surface area contributed by atoms with Crippen LogP contribution in [-0.4, -0.2) is 6.21 Å². The van der Waals surface area contributed by atoms with Crippen molar-refractivity contribution in [1.82, 2.24) is 0 Å². The smallest absolute Gasteiger partial charge is 0.134 e. The third-order valence-corrected chi connectivity index (χ3v) is 2.19. The van der Waals surface area contributed by atoms with Gasteiger partial charge in [-0.2, -0.15) is 0 Å². The number of aliphatic imine (C=N–C) groups is 1. The highest BCUT2D eigenvalue weighted by atomic mass is 19.1. The van der Waals surface area contributed by atoms with Gasteiger partial charge in [0.25, 0.3) is 0 Å². The molecule has 80 valence electrons. The molecule has 0 aliphatic heterocycles. The highest BCUT2D eigenvalue weighted by Gasteiger charge is 2.01. The van der Waals surface area contributed by atoms with Crippen molar-refractivity contribution in [3.05, 3.63) is 59.9 Å². The minimum absolute atomic E-state index is 0.325. The number of para-hydroxylation sites is 1. The van der Waals surface area contributed by atoms with E-state index in [9.17, 15) is 4.39 Å². The van der Waals surface area contributed by atoms with Crippen molar-refractivity contribution in [3.63, 3.8) is 0 Å². The second-order valence-electron chi connectivity index (χ2n) is 3.34. The number of halogens is 1. The molecule has 0 bridgehead atoms. The maximum Gasteiger partial charge on any atom is 0.134 e. The van der Waals surface area contributed by atoms with Crippen molar-refractivity contribution in [2.75, 3.05) is 5.73 Å². The van der Waals surface area contributed by atoms with Gasteiger partial charge in [0, 0.05) is 11.9 Å². The molecule has 2 rings (SSSR count). The summed E-state index contributed by atoms with van der Waals surface area (Å²) in [6.45, 7) is 0. The van der Waals surface area contributed by atoms with Crippen molar-refractivity contribution < 1.29 is 4.39 Å². The third-order valence-electron chi connectivity index (χ3n) is 2.19. The van der Waals surface area contributed by atoms with E-state index in [0.717, 1.165) is 5.69 Å². The summed E-state index contributed by atoms with van der Waals surface area (Å²) in [4.78, 5) is 4.15. The van der Waals surface area contributed by atoms with E-state index in [-0.39, 0.29) is 5.82 Å². The lowest BCUT2D eigenvalue weighted by molar-refractivity contribution is 0.626. The Morgan fingerprint density at radius 3 is 2.44 bits per heavy atom. The lowest BCUT2D eigenvalue weighted by atomic mass is 10.2. The van der Waals surface area contributed by atoms with Crippen molar-refractivity contribution in [2.45, 2.75) is 0 Å². The van der Waals surface area contributed by atoms with Gasteiger partial charge < -0.3 is 5.73 Å². The lowest BCUT2D eigenvalue weighted by Crippen LogP contribution is -1.96. The number of hydrogen-bond donors (Lipinski definition) is 1. The first-order valence-corrected chi connectivity index (χ1v) is 4.90. The largest absolute Gasteiger partial charge is 0.398 e. The Labute approximate surface area is 93.3 Å².